The fourth-order valence-electron chi connectivity index (χ4n) is 3.36. The number of rotatable bonds is 6. The van der Waals surface area contributed by atoms with E-state index in [0.717, 1.165) is 34.0 Å². The highest BCUT2D eigenvalue weighted by Gasteiger charge is 2.11. The van der Waals surface area contributed by atoms with Gasteiger partial charge >= 0.3 is 0 Å². The minimum absolute atomic E-state index is 0.0791. The van der Waals surface area contributed by atoms with Gasteiger partial charge in [-0.05, 0) is 41.8 Å². The van der Waals surface area contributed by atoms with Crippen LogP contribution >= 0.6 is 11.6 Å². The molecule has 5 nitrogen and oxygen atoms in total. The van der Waals surface area contributed by atoms with Crippen LogP contribution in [0.5, 0.6) is 0 Å². The molecule has 2 heterocycles. The predicted octanol–water partition coefficient (Wildman–Crippen LogP) is 4.53. The lowest BCUT2D eigenvalue weighted by Gasteiger charge is -2.10. The molecule has 1 amide bonds. The Labute approximate surface area is 162 Å². The summed E-state index contributed by atoms with van der Waals surface area (Å²) in [5.74, 6) is -0.0791. The number of halogens is 1. The second-order valence-corrected chi connectivity index (χ2v) is 6.87. The summed E-state index contributed by atoms with van der Waals surface area (Å²) in [5, 5.41) is 5.77. The summed E-state index contributed by atoms with van der Waals surface area (Å²) < 4.78 is 9.18. The van der Waals surface area contributed by atoms with Crippen molar-refractivity contribution in [3.8, 4) is 0 Å². The van der Waals surface area contributed by atoms with Gasteiger partial charge in [0.2, 0.25) is 5.91 Å². The predicted molar refractivity (Wildman–Crippen MR) is 109 cm³/mol. The highest BCUT2D eigenvalue weighted by molar-refractivity contribution is 6.31. The Balaban J connectivity index is 1.55. The van der Waals surface area contributed by atoms with Gasteiger partial charge in [0.15, 0.2) is 0 Å². The van der Waals surface area contributed by atoms with E-state index in [2.05, 4.69) is 9.88 Å². The van der Waals surface area contributed by atoms with Crippen molar-refractivity contribution in [2.45, 2.75) is 13.1 Å². The maximum Gasteiger partial charge on any atom is 0.244 e. The van der Waals surface area contributed by atoms with E-state index < -0.39 is 0 Å². The molecule has 138 valence electrons. The van der Waals surface area contributed by atoms with Crippen LogP contribution in [0.4, 0.5) is 5.69 Å². The van der Waals surface area contributed by atoms with Gasteiger partial charge in [0, 0.05) is 42.0 Å². The standard InChI is InChI=1S/C21H20ClN3O2/c1-27-12-11-24-10-8-17-18(3-2-4-19(17)24)23-21(26)14-25-9-7-15-5-6-16(22)13-20(15)25/h2-10,13H,11-12,14H2,1H3,(H,23,26). The zero-order chi connectivity index (χ0) is 18.8. The maximum absolute atomic E-state index is 12.6. The molecule has 2 aromatic carbocycles. The molecular formula is C21H20ClN3O2. The highest BCUT2D eigenvalue weighted by atomic mass is 35.5. The van der Waals surface area contributed by atoms with Gasteiger partial charge in [0.1, 0.15) is 6.54 Å². The van der Waals surface area contributed by atoms with Crippen molar-refractivity contribution in [2.75, 3.05) is 19.0 Å². The second kappa shape index (κ2) is 7.47. The Bertz CT molecular complexity index is 1110. The number of ether oxygens (including phenoxy) is 1. The highest BCUT2D eigenvalue weighted by Crippen LogP contribution is 2.25. The van der Waals surface area contributed by atoms with Gasteiger partial charge in [0.05, 0.1) is 17.8 Å². The van der Waals surface area contributed by atoms with Crippen LogP contribution < -0.4 is 5.32 Å². The number of anilines is 1. The topological polar surface area (TPSA) is 48.2 Å². The quantitative estimate of drug-likeness (QED) is 0.533. The van der Waals surface area contributed by atoms with Crippen LogP contribution in [0.15, 0.2) is 60.9 Å². The molecule has 0 aliphatic heterocycles. The number of nitrogens with zero attached hydrogens (tertiary/aromatic N) is 2. The summed E-state index contributed by atoms with van der Waals surface area (Å²) in [6, 6.07) is 15.6. The summed E-state index contributed by atoms with van der Waals surface area (Å²) in [6.07, 6.45) is 3.92. The Morgan fingerprint density at radius 2 is 1.93 bits per heavy atom. The largest absolute Gasteiger partial charge is 0.383 e. The Morgan fingerprint density at radius 1 is 1.07 bits per heavy atom. The second-order valence-electron chi connectivity index (χ2n) is 6.44. The Kier molecular flexibility index (Phi) is 4.88. The van der Waals surface area contributed by atoms with E-state index >= 15 is 0 Å². The van der Waals surface area contributed by atoms with E-state index in [1.807, 2.05) is 65.5 Å². The minimum Gasteiger partial charge on any atom is -0.383 e. The molecule has 0 saturated heterocycles. The summed E-state index contributed by atoms with van der Waals surface area (Å²) in [7, 11) is 1.69. The van der Waals surface area contributed by atoms with E-state index in [0.29, 0.717) is 11.6 Å². The summed E-state index contributed by atoms with van der Waals surface area (Å²) in [4.78, 5) is 12.6. The third-order valence-corrected chi connectivity index (χ3v) is 4.91. The number of carbonyl (C=O) groups excluding carboxylic acids is 1. The van der Waals surface area contributed by atoms with Crippen LogP contribution in [-0.4, -0.2) is 28.8 Å². The summed E-state index contributed by atoms with van der Waals surface area (Å²) in [6.45, 7) is 1.64. The Morgan fingerprint density at radius 3 is 2.78 bits per heavy atom. The molecule has 4 rings (SSSR count). The van der Waals surface area contributed by atoms with Crippen LogP contribution in [0.2, 0.25) is 5.02 Å². The number of benzene rings is 2. The average molecular weight is 382 g/mol. The fourth-order valence-corrected chi connectivity index (χ4v) is 3.52. The van der Waals surface area contributed by atoms with E-state index in [4.69, 9.17) is 16.3 Å². The molecule has 0 saturated carbocycles. The van der Waals surface area contributed by atoms with E-state index in [9.17, 15) is 4.79 Å². The monoisotopic (exact) mass is 381 g/mol. The fraction of sp³-hybridized carbons (Fsp3) is 0.190. The van der Waals surface area contributed by atoms with Crippen LogP contribution in [0.3, 0.4) is 0 Å². The SMILES string of the molecule is COCCn1ccc2c(NC(=O)Cn3ccc4ccc(Cl)cc43)cccc21. The zero-order valence-electron chi connectivity index (χ0n) is 15.0. The maximum atomic E-state index is 12.6. The van der Waals surface area contributed by atoms with Crippen LogP contribution in [0.1, 0.15) is 0 Å². The first-order valence-electron chi connectivity index (χ1n) is 8.77. The molecule has 4 aromatic rings. The van der Waals surface area contributed by atoms with E-state index in [-0.39, 0.29) is 12.5 Å². The molecule has 0 aliphatic rings. The molecule has 0 atom stereocenters. The van der Waals surface area contributed by atoms with Gasteiger partial charge in [-0.2, -0.15) is 0 Å². The molecule has 6 heteroatoms. The normalized spacial score (nSPS) is 11.3. The lowest BCUT2D eigenvalue weighted by atomic mass is 10.2. The van der Waals surface area contributed by atoms with Gasteiger partial charge in [0.25, 0.3) is 0 Å². The van der Waals surface area contributed by atoms with Crippen LogP contribution in [0, 0.1) is 0 Å². The van der Waals surface area contributed by atoms with Crippen molar-refractivity contribution < 1.29 is 9.53 Å². The van der Waals surface area contributed by atoms with Crippen molar-refractivity contribution in [1.82, 2.24) is 9.13 Å². The van der Waals surface area contributed by atoms with E-state index in [1.54, 1.807) is 7.11 Å². The lowest BCUT2D eigenvalue weighted by molar-refractivity contribution is -0.116. The summed E-state index contributed by atoms with van der Waals surface area (Å²) >= 11 is 6.09. The molecule has 2 aromatic heterocycles. The average Bonchev–Trinajstić information content (AvgIpc) is 3.25. The molecule has 27 heavy (non-hydrogen) atoms. The molecule has 0 fully saturated rings. The molecule has 0 radical (unpaired) electrons. The molecule has 1 N–H and O–H groups in total. The minimum atomic E-state index is -0.0791. The van der Waals surface area contributed by atoms with Crippen molar-refractivity contribution in [2.24, 2.45) is 0 Å². The first-order valence-corrected chi connectivity index (χ1v) is 9.14. The van der Waals surface area contributed by atoms with Crippen molar-refractivity contribution in [1.29, 1.82) is 0 Å². The van der Waals surface area contributed by atoms with Crippen molar-refractivity contribution in [3.05, 3.63) is 65.9 Å². The third kappa shape index (κ3) is 3.56. The van der Waals surface area contributed by atoms with Gasteiger partial charge in [-0.25, -0.2) is 0 Å². The molecule has 0 unspecified atom stereocenters. The first-order chi connectivity index (χ1) is 13.2. The van der Waals surface area contributed by atoms with Gasteiger partial charge in [-0.1, -0.05) is 23.7 Å². The van der Waals surface area contributed by atoms with Gasteiger partial charge in [-0.15, -0.1) is 0 Å². The number of nitrogens with one attached hydrogen (secondary N) is 1. The molecule has 0 spiro atoms. The van der Waals surface area contributed by atoms with Crippen LogP contribution in [0.25, 0.3) is 21.8 Å². The van der Waals surface area contributed by atoms with Crippen LogP contribution in [-0.2, 0) is 22.6 Å². The number of hydrogen-bond donors (Lipinski definition) is 1. The number of aromatic nitrogens is 2. The van der Waals surface area contributed by atoms with Gasteiger partial charge in [-0.3, -0.25) is 4.79 Å². The number of amides is 1. The number of hydrogen-bond acceptors (Lipinski definition) is 2. The third-order valence-electron chi connectivity index (χ3n) is 4.67. The number of fused-ring (bicyclic) bond motifs is 2. The zero-order valence-corrected chi connectivity index (χ0v) is 15.7. The number of methoxy groups -OCH3 is 1. The van der Waals surface area contributed by atoms with Crippen molar-refractivity contribution >= 4 is 45.0 Å². The summed E-state index contributed by atoms with van der Waals surface area (Å²) in [5.41, 5.74) is 2.83. The first kappa shape index (κ1) is 17.6. The molecular weight excluding hydrogens is 362 g/mol. The number of carbonyl (C=O) groups is 1. The lowest BCUT2D eigenvalue weighted by Crippen LogP contribution is -2.18. The smallest absolute Gasteiger partial charge is 0.244 e. The van der Waals surface area contributed by atoms with E-state index in [1.165, 1.54) is 0 Å². The molecule has 0 aliphatic carbocycles. The van der Waals surface area contributed by atoms with Crippen molar-refractivity contribution in [3.63, 3.8) is 0 Å². The Hall–Kier alpha value is -2.76. The molecule has 0 bridgehead atoms. The van der Waals surface area contributed by atoms with Gasteiger partial charge < -0.3 is 19.2 Å².